The minimum atomic E-state index is -3.16. The Morgan fingerprint density at radius 1 is 1.19 bits per heavy atom. The molecule has 0 amide bonds. The van der Waals surface area contributed by atoms with E-state index in [0.717, 1.165) is 0 Å². The molecule has 21 heavy (non-hydrogen) atoms. The van der Waals surface area contributed by atoms with E-state index in [0.29, 0.717) is 24.5 Å². The molecule has 0 saturated carbocycles. The maximum Gasteiger partial charge on any atom is 0.338 e. The summed E-state index contributed by atoms with van der Waals surface area (Å²) in [5.41, 5.74) is 6.30. The van der Waals surface area contributed by atoms with Crippen molar-refractivity contribution in [1.29, 1.82) is 0 Å². The van der Waals surface area contributed by atoms with E-state index in [-0.39, 0.29) is 23.7 Å². The van der Waals surface area contributed by atoms with E-state index in [1.54, 1.807) is 13.0 Å². The number of carbonyl (C=O) groups is 1. The molecule has 1 rings (SSSR count). The maximum atomic E-state index is 11.9. The van der Waals surface area contributed by atoms with Crippen LogP contribution in [-0.4, -0.2) is 39.1 Å². The molecule has 0 bridgehead atoms. The van der Waals surface area contributed by atoms with Crippen LogP contribution in [0.3, 0.4) is 0 Å². The lowest BCUT2D eigenvalue weighted by Crippen LogP contribution is -2.18. The second-order valence-corrected chi connectivity index (χ2v) is 6.82. The van der Waals surface area contributed by atoms with Gasteiger partial charge in [0.05, 0.1) is 23.7 Å². The predicted molar refractivity (Wildman–Crippen MR) is 81.3 cm³/mol. The lowest BCUT2D eigenvalue weighted by Gasteiger charge is -2.09. The highest BCUT2D eigenvalue weighted by Gasteiger charge is 2.13. The fourth-order valence-electron chi connectivity index (χ4n) is 1.75. The molecule has 0 aromatic heterocycles. The van der Waals surface area contributed by atoms with E-state index in [1.165, 1.54) is 12.1 Å². The largest absolute Gasteiger partial charge is 0.494 e. The Bertz CT molecular complexity index is 583. The van der Waals surface area contributed by atoms with Gasteiger partial charge >= 0.3 is 5.97 Å². The molecule has 0 unspecified atom stereocenters. The normalized spacial score (nSPS) is 11.1. The van der Waals surface area contributed by atoms with Gasteiger partial charge in [0.1, 0.15) is 12.4 Å². The second kappa shape index (κ2) is 7.87. The second-order valence-electron chi connectivity index (χ2n) is 4.51. The number of ether oxygens (including phenoxy) is 2. The minimum absolute atomic E-state index is 0.0946. The van der Waals surface area contributed by atoms with Crippen LogP contribution in [0, 0.1) is 0 Å². The van der Waals surface area contributed by atoms with Crippen molar-refractivity contribution in [2.24, 2.45) is 0 Å². The first kappa shape index (κ1) is 17.3. The summed E-state index contributed by atoms with van der Waals surface area (Å²) in [6, 6.07) is 4.58. The first-order valence-corrected chi connectivity index (χ1v) is 8.61. The van der Waals surface area contributed by atoms with E-state index < -0.39 is 15.8 Å². The molecule has 0 spiro atoms. The fourth-order valence-corrected chi connectivity index (χ4v) is 2.91. The third kappa shape index (κ3) is 6.03. The molecule has 0 fully saturated rings. The standard InChI is InChI=1S/C14H21NO5S/c1-3-6-21(17,18)7-5-20-14(16)11-8-12(15)10-13(9-11)19-4-2/h8-10H,3-7,15H2,1-2H3. The number of nitrogen functional groups attached to an aromatic ring is 1. The van der Waals surface area contributed by atoms with Gasteiger partial charge in [-0.1, -0.05) is 6.92 Å². The monoisotopic (exact) mass is 315 g/mol. The highest BCUT2D eigenvalue weighted by atomic mass is 32.2. The third-order valence-electron chi connectivity index (χ3n) is 2.62. The Hall–Kier alpha value is -1.76. The van der Waals surface area contributed by atoms with Crippen LogP contribution in [0.25, 0.3) is 0 Å². The van der Waals surface area contributed by atoms with Crippen molar-refractivity contribution >= 4 is 21.5 Å². The predicted octanol–water partition coefficient (Wildman–Crippen LogP) is 1.65. The molecule has 0 heterocycles. The maximum absolute atomic E-state index is 11.9. The van der Waals surface area contributed by atoms with E-state index in [2.05, 4.69) is 0 Å². The summed E-state index contributed by atoms with van der Waals surface area (Å²) < 4.78 is 33.3. The quantitative estimate of drug-likeness (QED) is 0.579. The van der Waals surface area contributed by atoms with Gasteiger partial charge < -0.3 is 15.2 Å². The van der Waals surface area contributed by atoms with E-state index >= 15 is 0 Å². The van der Waals surface area contributed by atoms with Crippen molar-refractivity contribution in [3.05, 3.63) is 23.8 Å². The molecule has 1 aromatic carbocycles. The first-order valence-electron chi connectivity index (χ1n) is 6.79. The van der Waals surface area contributed by atoms with Gasteiger partial charge in [-0.3, -0.25) is 0 Å². The Morgan fingerprint density at radius 2 is 1.90 bits per heavy atom. The van der Waals surface area contributed by atoms with Gasteiger partial charge in [-0.05, 0) is 25.5 Å². The van der Waals surface area contributed by atoms with Gasteiger partial charge in [0.25, 0.3) is 0 Å². The van der Waals surface area contributed by atoms with Crippen LogP contribution < -0.4 is 10.5 Å². The number of rotatable bonds is 8. The summed E-state index contributed by atoms with van der Waals surface area (Å²) in [4.78, 5) is 11.9. The summed E-state index contributed by atoms with van der Waals surface area (Å²) in [6.07, 6.45) is 0.545. The third-order valence-corrected chi connectivity index (χ3v) is 4.44. The van der Waals surface area contributed by atoms with Gasteiger partial charge in [0, 0.05) is 11.8 Å². The van der Waals surface area contributed by atoms with Gasteiger partial charge in [0.2, 0.25) is 0 Å². The minimum Gasteiger partial charge on any atom is -0.494 e. The number of esters is 1. The molecule has 0 saturated heterocycles. The smallest absolute Gasteiger partial charge is 0.338 e. The molecule has 2 N–H and O–H groups in total. The Balaban J connectivity index is 2.64. The highest BCUT2D eigenvalue weighted by molar-refractivity contribution is 7.91. The van der Waals surface area contributed by atoms with Crippen LogP contribution in [0.4, 0.5) is 5.69 Å². The van der Waals surface area contributed by atoms with Crippen LogP contribution in [-0.2, 0) is 14.6 Å². The van der Waals surface area contributed by atoms with Gasteiger partial charge in [0.15, 0.2) is 9.84 Å². The van der Waals surface area contributed by atoms with Crippen molar-refractivity contribution in [2.45, 2.75) is 20.3 Å². The van der Waals surface area contributed by atoms with Crippen molar-refractivity contribution < 1.29 is 22.7 Å². The van der Waals surface area contributed by atoms with Crippen LogP contribution in [0.15, 0.2) is 18.2 Å². The molecule has 0 radical (unpaired) electrons. The van der Waals surface area contributed by atoms with Crippen molar-refractivity contribution in [3.63, 3.8) is 0 Å². The van der Waals surface area contributed by atoms with Gasteiger partial charge in [-0.25, -0.2) is 13.2 Å². The molecule has 0 aliphatic rings. The Kier molecular flexibility index (Phi) is 6.48. The van der Waals surface area contributed by atoms with E-state index in [9.17, 15) is 13.2 Å². The van der Waals surface area contributed by atoms with E-state index in [1.807, 2.05) is 6.92 Å². The number of anilines is 1. The zero-order valence-corrected chi connectivity index (χ0v) is 13.1. The summed E-state index contributed by atoms with van der Waals surface area (Å²) in [5, 5.41) is 0. The zero-order valence-electron chi connectivity index (χ0n) is 12.3. The Labute approximate surface area is 125 Å². The lowest BCUT2D eigenvalue weighted by atomic mass is 10.2. The highest BCUT2D eigenvalue weighted by Crippen LogP contribution is 2.19. The molecular weight excluding hydrogens is 294 g/mol. The molecule has 0 aliphatic heterocycles. The average Bonchev–Trinajstić information content (AvgIpc) is 2.38. The van der Waals surface area contributed by atoms with Crippen LogP contribution >= 0.6 is 0 Å². The topological polar surface area (TPSA) is 95.7 Å². The van der Waals surface area contributed by atoms with Crippen LogP contribution in [0.2, 0.25) is 0 Å². The first-order chi connectivity index (χ1) is 9.88. The molecule has 118 valence electrons. The lowest BCUT2D eigenvalue weighted by molar-refractivity contribution is 0.0529. The summed E-state index contributed by atoms with van der Waals surface area (Å²) in [7, 11) is -3.16. The molecular formula is C14H21NO5S. The van der Waals surface area contributed by atoms with Gasteiger partial charge in [-0.2, -0.15) is 0 Å². The zero-order chi connectivity index (χ0) is 15.9. The summed E-state index contributed by atoms with van der Waals surface area (Å²) in [6.45, 7) is 3.89. The van der Waals surface area contributed by atoms with E-state index in [4.69, 9.17) is 15.2 Å². The summed E-state index contributed by atoms with van der Waals surface area (Å²) in [5.74, 6) is -0.220. The summed E-state index contributed by atoms with van der Waals surface area (Å²) >= 11 is 0. The number of carbonyl (C=O) groups excluding carboxylic acids is 1. The fraction of sp³-hybridized carbons (Fsp3) is 0.500. The van der Waals surface area contributed by atoms with Crippen LogP contribution in [0.1, 0.15) is 30.6 Å². The molecule has 7 heteroatoms. The molecule has 0 atom stereocenters. The molecule has 1 aromatic rings. The number of benzene rings is 1. The van der Waals surface area contributed by atoms with Crippen molar-refractivity contribution in [1.82, 2.24) is 0 Å². The van der Waals surface area contributed by atoms with Crippen molar-refractivity contribution in [2.75, 3.05) is 30.5 Å². The number of nitrogens with two attached hydrogens (primary N) is 1. The Morgan fingerprint density at radius 3 is 2.52 bits per heavy atom. The number of sulfone groups is 1. The number of hydrogen-bond donors (Lipinski definition) is 1. The average molecular weight is 315 g/mol. The number of hydrogen-bond acceptors (Lipinski definition) is 6. The van der Waals surface area contributed by atoms with Gasteiger partial charge in [-0.15, -0.1) is 0 Å². The van der Waals surface area contributed by atoms with Crippen LogP contribution in [0.5, 0.6) is 5.75 Å². The molecule has 0 aliphatic carbocycles. The van der Waals surface area contributed by atoms with Crippen molar-refractivity contribution in [3.8, 4) is 5.75 Å². The SMILES string of the molecule is CCCS(=O)(=O)CCOC(=O)c1cc(N)cc(OCC)c1. The molecule has 6 nitrogen and oxygen atoms in total.